The molecule has 0 heterocycles. The number of carboxylic acids is 1. The minimum absolute atomic E-state index is 0.0731. The minimum Gasteiger partial charge on any atom is -0.479 e. The summed E-state index contributed by atoms with van der Waals surface area (Å²) < 4.78 is 42.0. The molecule has 19 heavy (non-hydrogen) atoms. The standard InChI is InChI=1S/C12H15FO5S/c1-8(2)7-19(16,17)9-3-4-11(10(13)5-9)18-6-12(14)15/h3-5,8H,6-7H2,1-2H3,(H,14,15). The van der Waals surface area contributed by atoms with E-state index in [1.807, 2.05) is 0 Å². The van der Waals surface area contributed by atoms with Gasteiger partial charge in [-0.05, 0) is 24.1 Å². The number of carboxylic acid groups (broad SMARTS) is 1. The Bertz CT molecular complexity index is 565. The van der Waals surface area contributed by atoms with Crippen molar-refractivity contribution >= 4 is 15.8 Å². The van der Waals surface area contributed by atoms with E-state index < -0.39 is 28.2 Å². The van der Waals surface area contributed by atoms with Crippen molar-refractivity contribution in [1.29, 1.82) is 0 Å². The van der Waals surface area contributed by atoms with Crippen LogP contribution in [0.15, 0.2) is 23.1 Å². The molecule has 5 nitrogen and oxygen atoms in total. The van der Waals surface area contributed by atoms with Crippen molar-refractivity contribution in [3.63, 3.8) is 0 Å². The number of aliphatic carboxylic acids is 1. The predicted octanol–water partition coefficient (Wildman–Crippen LogP) is 1.72. The lowest BCUT2D eigenvalue weighted by Crippen LogP contribution is -2.13. The highest BCUT2D eigenvalue weighted by Gasteiger charge is 2.18. The van der Waals surface area contributed by atoms with E-state index in [1.165, 1.54) is 6.07 Å². The summed E-state index contributed by atoms with van der Waals surface area (Å²) in [6.45, 7) is 2.81. The molecule has 0 bridgehead atoms. The number of benzene rings is 1. The molecule has 0 atom stereocenters. The van der Waals surface area contributed by atoms with Crippen LogP contribution in [-0.2, 0) is 14.6 Å². The first kappa shape index (κ1) is 15.4. The van der Waals surface area contributed by atoms with Gasteiger partial charge >= 0.3 is 5.97 Å². The van der Waals surface area contributed by atoms with Gasteiger partial charge in [0.05, 0.1) is 10.6 Å². The summed E-state index contributed by atoms with van der Waals surface area (Å²) in [6.07, 6.45) is 0. The van der Waals surface area contributed by atoms with Crippen molar-refractivity contribution < 1.29 is 27.4 Å². The zero-order valence-corrected chi connectivity index (χ0v) is 11.4. The Morgan fingerprint density at radius 3 is 2.53 bits per heavy atom. The molecule has 0 amide bonds. The third-order valence-electron chi connectivity index (χ3n) is 2.17. The number of hydrogen-bond donors (Lipinski definition) is 1. The molecule has 0 fully saturated rings. The van der Waals surface area contributed by atoms with Gasteiger partial charge in [0.2, 0.25) is 0 Å². The molecule has 0 aliphatic heterocycles. The van der Waals surface area contributed by atoms with Gasteiger partial charge in [-0.2, -0.15) is 0 Å². The summed E-state index contributed by atoms with van der Waals surface area (Å²) in [5, 5.41) is 8.41. The zero-order chi connectivity index (χ0) is 14.6. The lowest BCUT2D eigenvalue weighted by Gasteiger charge is -2.09. The smallest absolute Gasteiger partial charge is 0.341 e. The Morgan fingerprint density at radius 2 is 2.05 bits per heavy atom. The summed E-state index contributed by atoms with van der Waals surface area (Å²) in [5.74, 6) is -2.58. The van der Waals surface area contributed by atoms with E-state index in [0.717, 1.165) is 12.1 Å². The topological polar surface area (TPSA) is 80.7 Å². The van der Waals surface area contributed by atoms with Gasteiger partial charge in [-0.3, -0.25) is 0 Å². The van der Waals surface area contributed by atoms with Gasteiger partial charge in [0.15, 0.2) is 28.0 Å². The molecule has 1 rings (SSSR count). The highest BCUT2D eigenvalue weighted by atomic mass is 32.2. The molecule has 0 radical (unpaired) electrons. The number of carbonyl (C=O) groups is 1. The van der Waals surface area contributed by atoms with E-state index >= 15 is 0 Å². The van der Waals surface area contributed by atoms with Gasteiger partial charge in [0.1, 0.15) is 0 Å². The second-order valence-corrected chi connectivity index (χ2v) is 6.48. The maximum atomic E-state index is 13.6. The highest BCUT2D eigenvalue weighted by Crippen LogP contribution is 2.22. The molecule has 0 aliphatic carbocycles. The number of ether oxygens (including phenoxy) is 1. The fraction of sp³-hybridized carbons (Fsp3) is 0.417. The second kappa shape index (κ2) is 6.01. The first-order chi connectivity index (χ1) is 8.72. The fourth-order valence-electron chi connectivity index (χ4n) is 1.47. The number of sulfone groups is 1. The van der Waals surface area contributed by atoms with Crippen molar-refractivity contribution in [1.82, 2.24) is 0 Å². The third-order valence-corrected chi connectivity index (χ3v) is 4.24. The Morgan fingerprint density at radius 1 is 1.42 bits per heavy atom. The normalized spacial score (nSPS) is 11.6. The van der Waals surface area contributed by atoms with E-state index in [-0.39, 0.29) is 22.3 Å². The number of hydrogen-bond acceptors (Lipinski definition) is 4. The lowest BCUT2D eigenvalue weighted by atomic mass is 10.3. The Balaban J connectivity index is 2.96. The maximum Gasteiger partial charge on any atom is 0.341 e. The van der Waals surface area contributed by atoms with Crippen LogP contribution in [0.1, 0.15) is 13.8 Å². The van der Waals surface area contributed by atoms with Crippen molar-refractivity contribution in [3.05, 3.63) is 24.0 Å². The van der Waals surface area contributed by atoms with Crippen LogP contribution < -0.4 is 4.74 Å². The van der Waals surface area contributed by atoms with Crippen LogP contribution in [0.25, 0.3) is 0 Å². The van der Waals surface area contributed by atoms with Crippen molar-refractivity contribution in [2.45, 2.75) is 18.7 Å². The van der Waals surface area contributed by atoms with Gasteiger partial charge in [-0.15, -0.1) is 0 Å². The highest BCUT2D eigenvalue weighted by molar-refractivity contribution is 7.91. The van der Waals surface area contributed by atoms with Crippen LogP contribution in [0.3, 0.4) is 0 Å². The molecule has 1 aromatic carbocycles. The quantitative estimate of drug-likeness (QED) is 0.862. The Hall–Kier alpha value is -1.63. The molecule has 1 aromatic rings. The fourth-order valence-corrected chi connectivity index (χ4v) is 3.10. The average Bonchev–Trinajstić information content (AvgIpc) is 2.25. The Kier molecular flexibility index (Phi) is 4.88. The predicted molar refractivity (Wildman–Crippen MR) is 66.4 cm³/mol. The molecule has 0 unspecified atom stereocenters. The number of rotatable bonds is 6. The molecular weight excluding hydrogens is 275 g/mol. The van der Waals surface area contributed by atoms with Crippen LogP contribution >= 0.6 is 0 Å². The van der Waals surface area contributed by atoms with E-state index in [2.05, 4.69) is 4.74 Å². The molecule has 0 aliphatic rings. The molecule has 7 heteroatoms. The second-order valence-electron chi connectivity index (χ2n) is 4.45. The first-order valence-electron chi connectivity index (χ1n) is 5.59. The summed E-state index contributed by atoms with van der Waals surface area (Å²) in [4.78, 5) is 10.2. The monoisotopic (exact) mass is 290 g/mol. The van der Waals surface area contributed by atoms with Gasteiger partial charge in [0, 0.05) is 0 Å². The Labute approximate surface area is 110 Å². The molecule has 0 aromatic heterocycles. The largest absolute Gasteiger partial charge is 0.479 e. The van der Waals surface area contributed by atoms with Gasteiger partial charge in [0.25, 0.3) is 0 Å². The van der Waals surface area contributed by atoms with E-state index in [9.17, 15) is 17.6 Å². The van der Waals surface area contributed by atoms with Crippen molar-refractivity contribution in [2.75, 3.05) is 12.4 Å². The summed E-state index contributed by atoms with van der Waals surface area (Å²) in [5.41, 5.74) is 0. The van der Waals surface area contributed by atoms with Crippen molar-refractivity contribution in [3.8, 4) is 5.75 Å². The minimum atomic E-state index is -3.54. The van der Waals surface area contributed by atoms with Crippen LogP contribution in [0.5, 0.6) is 5.75 Å². The van der Waals surface area contributed by atoms with Crippen LogP contribution in [0.4, 0.5) is 4.39 Å². The SMILES string of the molecule is CC(C)CS(=O)(=O)c1ccc(OCC(=O)O)c(F)c1. The molecule has 0 saturated heterocycles. The summed E-state index contributed by atoms with van der Waals surface area (Å²) in [6, 6.07) is 3.17. The molecule has 1 N–H and O–H groups in total. The van der Waals surface area contributed by atoms with Gasteiger partial charge in [-0.1, -0.05) is 13.8 Å². The van der Waals surface area contributed by atoms with Crippen LogP contribution in [-0.4, -0.2) is 31.9 Å². The molecule has 0 spiro atoms. The lowest BCUT2D eigenvalue weighted by molar-refractivity contribution is -0.139. The maximum absolute atomic E-state index is 13.6. The molecular formula is C12H15FO5S. The summed E-state index contributed by atoms with van der Waals surface area (Å²) in [7, 11) is -3.54. The van der Waals surface area contributed by atoms with Crippen LogP contribution in [0, 0.1) is 11.7 Å². The van der Waals surface area contributed by atoms with Gasteiger partial charge < -0.3 is 9.84 Å². The van der Waals surface area contributed by atoms with E-state index in [1.54, 1.807) is 13.8 Å². The average molecular weight is 290 g/mol. The van der Waals surface area contributed by atoms with Gasteiger partial charge in [-0.25, -0.2) is 17.6 Å². The first-order valence-corrected chi connectivity index (χ1v) is 7.24. The van der Waals surface area contributed by atoms with Crippen LogP contribution in [0.2, 0.25) is 0 Å². The molecule has 106 valence electrons. The van der Waals surface area contributed by atoms with E-state index in [4.69, 9.17) is 5.11 Å². The zero-order valence-electron chi connectivity index (χ0n) is 10.6. The number of halogens is 1. The molecule has 0 saturated carbocycles. The van der Waals surface area contributed by atoms with Crippen molar-refractivity contribution in [2.24, 2.45) is 5.92 Å². The van der Waals surface area contributed by atoms with E-state index in [0.29, 0.717) is 0 Å². The summed E-state index contributed by atoms with van der Waals surface area (Å²) >= 11 is 0. The third kappa shape index (κ3) is 4.51.